The Balaban J connectivity index is 1.87. The van der Waals surface area contributed by atoms with Crippen molar-refractivity contribution in [3.8, 4) is 0 Å². The van der Waals surface area contributed by atoms with Crippen LogP contribution in [0.25, 0.3) is 0 Å². The average molecular weight is 457 g/mol. The van der Waals surface area contributed by atoms with Crippen molar-refractivity contribution < 1.29 is 26.6 Å². The van der Waals surface area contributed by atoms with Gasteiger partial charge in [0.25, 0.3) is 5.69 Å². The number of benzene rings is 2. The van der Waals surface area contributed by atoms with Gasteiger partial charge in [-0.25, -0.2) is 21.6 Å². The molecule has 3 N–H and O–H groups in total. The Morgan fingerprint density at radius 1 is 0.967 bits per heavy atom. The van der Waals surface area contributed by atoms with Crippen LogP contribution in [0.1, 0.15) is 6.92 Å². The van der Waals surface area contributed by atoms with Crippen molar-refractivity contribution in [2.75, 3.05) is 13.1 Å². The van der Waals surface area contributed by atoms with Gasteiger partial charge < -0.3 is 5.32 Å². The van der Waals surface area contributed by atoms with Gasteiger partial charge in [-0.05, 0) is 25.1 Å². The topological polar surface area (TPSA) is 165 Å². The number of nitro groups is 1. The van der Waals surface area contributed by atoms with Crippen LogP contribution >= 0.6 is 0 Å². The maximum absolute atomic E-state index is 12.2. The standard InChI is InChI=1S/C17H20N4O7S2/c1-13(20-30(27,28)15-7-3-2-4-8-15)17(22)18-10-11-19-29(25,26)16-9-5-6-14(12-16)21(23)24/h2-9,12-13,19-20H,10-11H2,1H3,(H,18,22)/t13-/m0/s1. The molecular formula is C17H20N4O7S2. The molecule has 2 aromatic carbocycles. The lowest BCUT2D eigenvalue weighted by atomic mass is 10.3. The second-order valence-electron chi connectivity index (χ2n) is 6.10. The second-order valence-corrected chi connectivity index (χ2v) is 9.58. The molecule has 2 rings (SSSR count). The smallest absolute Gasteiger partial charge is 0.270 e. The molecule has 11 nitrogen and oxygen atoms in total. The lowest BCUT2D eigenvalue weighted by Crippen LogP contribution is -2.46. The molecule has 0 radical (unpaired) electrons. The number of carbonyl (C=O) groups excluding carboxylic acids is 1. The summed E-state index contributed by atoms with van der Waals surface area (Å²) >= 11 is 0. The summed E-state index contributed by atoms with van der Waals surface area (Å²) < 4.78 is 53.2. The first-order chi connectivity index (χ1) is 14.0. The van der Waals surface area contributed by atoms with Gasteiger partial charge in [0.05, 0.1) is 20.8 Å². The zero-order valence-electron chi connectivity index (χ0n) is 15.8. The fourth-order valence-electron chi connectivity index (χ4n) is 2.33. The highest BCUT2D eigenvalue weighted by Crippen LogP contribution is 2.16. The summed E-state index contributed by atoms with van der Waals surface area (Å²) in [6.45, 7) is 1.03. The minimum absolute atomic E-state index is 0.00867. The van der Waals surface area contributed by atoms with Gasteiger partial charge in [-0.1, -0.05) is 24.3 Å². The molecule has 0 bridgehead atoms. The van der Waals surface area contributed by atoms with Crippen LogP contribution in [0.2, 0.25) is 0 Å². The molecule has 0 unspecified atom stereocenters. The second kappa shape index (κ2) is 9.75. The molecule has 0 aromatic heterocycles. The molecule has 13 heteroatoms. The van der Waals surface area contributed by atoms with Gasteiger partial charge >= 0.3 is 0 Å². The maximum Gasteiger partial charge on any atom is 0.270 e. The predicted molar refractivity (Wildman–Crippen MR) is 108 cm³/mol. The number of carbonyl (C=O) groups is 1. The van der Waals surface area contributed by atoms with E-state index >= 15 is 0 Å². The third kappa shape index (κ3) is 6.32. The molecule has 162 valence electrons. The summed E-state index contributed by atoms with van der Waals surface area (Å²) in [6, 6.07) is 11.0. The van der Waals surface area contributed by atoms with Crippen LogP contribution in [0, 0.1) is 10.1 Å². The third-order valence-corrected chi connectivity index (χ3v) is 6.85. The molecule has 0 aliphatic carbocycles. The van der Waals surface area contributed by atoms with E-state index in [-0.39, 0.29) is 28.6 Å². The molecule has 0 spiro atoms. The van der Waals surface area contributed by atoms with Crippen LogP contribution in [0.4, 0.5) is 5.69 Å². The van der Waals surface area contributed by atoms with E-state index in [0.29, 0.717) is 0 Å². The molecule has 0 fully saturated rings. The molecule has 0 heterocycles. The number of nitro benzene ring substituents is 1. The van der Waals surface area contributed by atoms with E-state index in [4.69, 9.17) is 0 Å². The number of nitrogens with zero attached hydrogens (tertiary/aromatic N) is 1. The molecule has 30 heavy (non-hydrogen) atoms. The van der Waals surface area contributed by atoms with E-state index in [1.807, 2.05) is 0 Å². The van der Waals surface area contributed by atoms with Crippen LogP contribution in [0.5, 0.6) is 0 Å². The Bertz CT molecular complexity index is 1120. The minimum atomic E-state index is -4.02. The van der Waals surface area contributed by atoms with Crippen LogP contribution in [0.15, 0.2) is 64.4 Å². The number of rotatable bonds is 10. The van der Waals surface area contributed by atoms with Gasteiger partial charge in [0, 0.05) is 25.2 Å². The first-order valence-electron chi connectivity index (χ1n) is 8.62. The van der Waals surface area contributed by atoms with Crippen molar-refractivity contribution in [2.24, 2.45) is 0 Å². The SMILES string of the molecule is C[C@H](NS(=O)(=O)c1ccccc1)C(=O)NCCNS(=O)(=O)c1cccc([N+](=O)[O-])c1. The minimum Gasteiger partial charge on any atom is -0.353 e. The molecular weight excluding hydrogens is 436 g/mol. The number of nitrogens with one attached hydrogen (secondary N) is 3. The van der Waals surface area contributed by atoms with Crippen molar-refractivity contribution >= 4 is 31.6 Å². The zero-order valence-corrected chi connectivity index (χ0v) is 17.4. The van der Waals surface area contributed by atoms with Gasteiger partial charge in [0.1, 0.15) is 0 Å². The first kappa shape index (κ1) is 23.4. The van der Waals surface area contributed by atoms with Crippen molar-refractivity contribution in [1.29, 1.82) is 0 Å². The summed E-state index contributed by atoms with van der Waals surface area (Å²) in [5, 5.41) is 13.2. The number of non-ortho nitro benzene ring substituents is 1. The Labute approximate surface area is 173 Å². The Morgan fingerprint density at radius 2 is 1.60 bits per heavy atom. The van der Waals surface area contributed by atoms with Gasteiger partial charge in [0.2, 0.25) is 26.0 Å². The summed E-state index contributed by atoms with van der Waals surface area (Å²) in [6.07, 6.45) is 0. The van der Waals surface area contributed by atoms with Crippen molar-refractivity contribution in [3.63, 3.8) is 0 Å². The summed E-state index contributed by atoms with van der Waals surface area (Å²) in [5.41, 5.74) is -0.370. The average Bonchev–Trinajstić information content (AvgIpc) is 2.71. The fraction of sp³-hybridized carbons (Fsp3) is 0.235. The van der Waals surface area contributed by atoms with Gasteiger partial charge in [-0.3, -0.25) is 14.9 Å². The molecule has 1 atom stereocenters. The number of amides is 1. The Morgan fingerprint density at radius 3 is 2.23 bits per heavy atom. The van der Waals surface area contributed by atoms with Gasteiger partial charge in [0.15, 0.2) is 0 Å². The number of hydrogen-bond acceptors (Lipinski definition) is 7. The highest BCUT2D eigenvalue weighted by molar-refractivity contribution is 7.89. The quantitative estimate of drug-likeness (QED) is 0.264. The monoisotopic (exact) mass is 456 g/mol. The highest BCUT2D eigenvalue weighted by atomic mass is 32.2. The normalized spacial score (nSPS) is 12.8. The predicted octanol–water partition coefficient (Wildman–Crippen LogP) is 0.356. The first-order valence-corrected chi connectivity index (χ1v) is 11.6. The maximum atomic E-state index is 12.2. The van der Waals surface area contributed by atoms with Gasteiger partial charge in [-0.15, -0.1) is 0 Å². The third-order valence-electron chi connectivity index (χ3n) is 3.83. The Kier molecular flexibility index (Phi) is 7.61. The molecule has 0 saturated carbocycles. The lowest BCUT2D eigenvalue weighted by molar-refractivity contribution is -0.385. The zero-order chi connectivity index (χ0) is 22.4. The van der Waals surface area contributed by atoms with Crippen molar-refractivity contribution in [3.05, 3.63) is 64.7 Å². The van der Waals surface area contributed by atoms with Gasteiger partial charge in [-0.2, -0.15) is 4.72 Å². The summed E-state index contributed by atoms with van der Waals surface area (Å²) in [7, 11) is -7.90. The lowest BCUT2D eigenvalue weighted by Gasteiger charge is -2.14. The van der Waals surface area contributed by atoms with Crippen molar-refractivity contribution in [2.45, 2.75) is 22.8 Å². The Hall–Kier alpha value is -2.87. The largest absolute Gasteiger partial charge is 0.353 e. The van der Waals surface area contributed by atoms with Crippen molar-refractivity contribution in [1.82, 2.24) is 14.8 Å². The highest BCUT2D eigenvalue weighted by Gasteiger charge is 2.22. The molecule has 0 aliphatic rings. The van der Waals surface area contributed by atoms with Crippen LogP contribution in [-0.4, -0.2) is 46.8 Å². The van der Waals surface area contributed by atoms with E-state index in [9.17, 15) is 31.7 Å². The molecule has 0 saturated heterocycles. The molecule has 2 aromatic rings. The van der Waals surface area contributed by atoms with Crippen LogP contribution < -0.4 is 14.8 Å². The summed E-state index contributed by atoms with van der Waals surface area (Å²) in [5.74, 6) is -0.649. The molecule has 0 aliphatic heterocycles. The van der Waals surface area contributed by atoms with E-state index in [0.717, 1.165) is 12.1 Å². The van der Waals surface area contributed by atoms with E-state index in [2.05, 4.69) is 14.8 Å². The van der Waals surface area contributed by atoms with E-state index < -0.39 is 36.9 Å². The molecule has 1 amide bonds. The number of hydrogen-bond donors (Lipinski definition) is 3. The van der Waals surface area contributed by atoms with Crippen LogP contribution in [-0.2, 0) is 24.8 Å². The van der Waals surface area contributed by atoms with E-state index in [1.54, 1.807) is 18.2 Å². The fourth-order valence-corrected chi connectivity index (χ4v) is 4.62. The summed E-state index contributed by atoms with van der Waals surface area (Å²) in [4.78, 5) is 21.9. The van der Waals surface area contributed by atoms with Crippen LogP contribution in [0.3, 0.4) is 0 Å². The number of sulfonamides is 2. The van der Waals surface area contributed by atoms with E-state index in [1.165, 1.54) is 31.2 Å².